The Morgan fingerprint density at radius 2 is 2.22 bits per heavy atom. The van der Waals surface area contributed by atoms with Gasteiger partial charge in [0.05, 0.1) is 11.5 Å². The largest absolute Gasteiger partial charge is 0.366 e. The summed E-state index contributed by atoms with van der Waals surface area (Å²) in [5.41, 5.74) is 5.36. The van der Waals surface area contributed by atoms with Gasteiger partial charge in [-0.3, -0.25) is 5.10 Å². The van der Waals surface area contributed by atoms with E-state index in [1.165, 1.54) is 0 Å². The number of nitrogens with two attached hydrogens (primary N) is 1. The van der Waals surface area contributed by atoms with Gasteiger partial charge in [-0.05, 0) is 6.42 Å². The molecule has 1 atom stereocenters. The number of rotatable bonds is 2. The lowest BCUT2D eigenvalue weighted by Gasteiger charge is -1.97. The zero-order valence-corrected chi connectivity index (χ0v) is 10.0. The summed E-state index contributed by atoms with van der Waals surface area (Å²) in [5, 5.41) is 9.95. The van der Waals surface area contributed by atoms with Crippen molar-refractivity contribution in [3.05, 3.63) is 5.82 Å². The van der Waals surface area contributed by atoms with Crippen LogP contribution in [0.15, 0.2) is 4.52 Å². The van der Waals surface area contributed by atoms with E-state index in [-0.39, 0.29) is 35.1 Å². The van der Waals surface area contributed by atoms with E-state index in [9.17, 15) is 8.42 Å². The predicted octanol–water partition coefficient (Wildman–Crippen LogP) is -0.661. The van der Waals surface area contributed by atoms with E-state index in [1.807, 2.05) is 0 Å². The summed E-state index contributed by atoms with van der Waals surface area (Å²) in [4.78, 5) is 7.96. The first-order valence-electron chi connectivity index (χ1n) is 5.26. The van der Waals surface area contributed by atoms with Crippen LogP contribution in [0.4, 0.5) is 5.95 Å². The van der Waals surface area contributed by atoms with Crippen LogP contribution in [-0.4, -0.2) is 45.2 Å². The Hall–Kier alpha value is -1.97. The monoisotopic (exact) mass is 270 g/mol. The number of sulfone groups is 1. The van der Waals surface area contributed by atoms with Crippen LogP contribution in [0, 0.1) is 0 Å². The molecule has 0 spiro atoms. The van der Waals surface area contributed by atoms with Gasteiger partial charge in [0.15, 0.2) is 15.7 Å². The number of anilines is 1. The molecule has 1 fully saturated rings. The number of nitrogens with zero attached hydrogens (tertiary/aromatic N) is 4. The molecule has 0 aliphatic carbocycles. The lowest BCUT2D eigenvalue weighted by Crippen LogP contribution is -2.05. The Bertz CT molecular complexity index is 675. The maximum atomic E-state index is 11.4. The van der Waals surface area contributed by atoms with Crippen molar-refractivity contribution in [3.63, 3.8) is 0 Å². The summed E-state index contributed by atoms with van der Waals surface area (Å²) < 4.78 is 27.7. The Labute approximate surface area is 102 Å². The molecule has 3 rings (SSSR count). The molecule has 3 heterocycles. The van der Waals surface area contributed by atoms with Crippen LogP contribution in [-0.2, 0) is 9.84 Å². The van der Waals surface area contributed by atoms with Crippen molar-refractivity contribution in [2.75, 3.05) is 17.2 Å². The average Bonchev–Trinajstić information content (AvgIpc) is 2.96. The van der Waals surface area contributed by atoms with Gasteiger partial charge in [-0.2, -0.15) is 9.97 Å². The van der Waals surface area contributed by atoms with Crippen molar-refractivity contribution in [1.82, 2.24) is 25.3 Å². The fourth-order valence-electron chi connectivity index (χ4n) is 1.87. The number of aromatic amines is 1. The van der Waals surface area contributed by atoms with Crippen molar-refractivity contribution in [1.29, 1.82) is 0 Å². The van der Waals surface area contributed by atoms with Gasteiger partial charge < -0.3 is 10.3 Å². The van der Waals surface area contributed by atoms with E-state index in [0.29, 0.717) is 12.2 Å². The van der Waals surface area contributed by atoms with Gasteiger partial charge in [-0.15, -0.1) is 5.10 Å². The zero-order valence-electron chi connectivity index (χ0n) is 9.20. The van der Waals surface area contributed by atoms with Gasteiger partial charge in [0.2, 0.25) is 11.8 Å². The van der Waals surface area contributed by atoms with Crippen LogP contribution in [0.1, 0.15) is 18.2 Å². The first kappa shape index (κ1) is 11.1. The Morgan fingerprint density at radius 1 is 1.39 bits per heavy atom. The molecule has 0 radical (unpaired) electrons. The van der Waals surface area contributed by atoms with Crippen molar-refractivity contribution in [3.8, 4) is 11.7 Å². The normalized spacial score (nSPS) is 22.3. The van der Waals surface area contributed by atoms with Crippen LogP contribution in [0.5, 0.6) is 0 Å². The standard InChI is InChI=1S/C8H10N6O3S/c9-8-11-6(12-13-8)7-10-5(14-17-7)4-1-2-18(15,16)3-4/h4H,1-3H2,(H3,9,11,12,13). The molecule has 3 N–H and O–H groups in total. The predicted molar refractivity (Wildman–Crippen MR) is 60.1 cm³/mol. The van der Waals surface area contributed by atoms with E-state index < -0.39 is 9.84 Å². The topological polar surface area (TPSA) is 141 Å². The number of nitrogen functional groups attached to an aromatic ring is 1. The molecule has 18 heavy (non-hydrogen) atoms. The lowest BCUT2D eigenvalue weighted by molar-refractivity contribution is 0.415. The van der Waals surface area contributed by atoms with Crippen molar-refractivity contribution in [2.45, 2.75) is 12.3 Å². The first-order valence-corrected chi connectivity index (χ1v) is 7.08. The molecular weight excluding hydrogens is 260 g/mol. The molecule has 1 saturated heterocycles. The third kappa shape index (κ3) is 1.94. The summed E-state index contributed by atoms with van der Waals surface area (Å²) in [6.45, 7) is 0. The van der Waals surface area contributed by atoms with Crippen molar-refractivity contribution >= 4 is 15.8 Å². The summed E-state index contributed by atoms with van der Waals surface area (Å²) in [5.74, 6) is 0.883. The third-order valence-electron chi connectivity index (χ3n) is 2.74. The molecule has 96 valence electrons. The second-order valence-electron chi connectivity index (χ2n) is 4.10. The SMILES string of the molecule is Nc1n[nH]c(-c2nc(C3CCS(=O)(=O)C3)no2)n1. The quantitative estimate of drug-likeness (QED) is 0.732. The highest BCUT2D eigenvalue weighted by molar-refractivity contribution is 7.91. The number of hydrogen-bond acceptors (Lipinski definition) is 8. The number of H-pyrrole nitrogens is 1. The minimum Gasteiger partial charge on any atom is -0.366 e. The van der Waals surface area contributed by atoms with Gasteiger partial charge in [0, 0.05) is 5.92 Å². The highest BCUT2D eigenvalue weighted by atomic mass is 32.2. The molecule has 2 aromatic rings. The van der Waals surface area contributed by atoms with Crippen LogP contribution >= 0.6 is 0 Å². The molecule has 1 aliphatic heterocycles. The van der Waals surface area contributed by atoms with Crippen LogP contribution in [0.2, 0.25) is 0 Å². The van der Waals surface area contributed by atoms with E-state index in [1.54, 1.807) is 0 Å². The van der Waals surface area contributed by atoms with Crippen molar-refractivity contribution in [2.24, 2.45) is 0 Å². The Kier molecular flexibility index (Phi) is 2.33. The summed E-state index contributed by atoms with van der Waals surface area (Å²) >= 11 is 0. The zero-order chi connectivity index (χ0) is 12.8. The second kappa shape index (κ2) is 3.77. The molecule has 9 nitrogen and oxygen atoms in total. The lowest BCUT2D eigenvalue weighted by atomic mass is 10.1. The number of aromatic nitrogens is 5. The smallest absolute Gasteiger partial charge is 0.295 e. The van der Waals surface area contributed by atoms with E-state index in [2.05, 4.69) is 25.3 Å². The van der Waals surface area contributed by atoms with Crippen LogP contribution < -0.4 is 5.73 Å². The van der Waals surface area contributed by atoms with Crippen molar-refractivity contribution < 1.29 is 12.9 Å². The molecule has 0 bridgehead atoms. The Balaban J connectivity index is 1.86. The van der Waals surface area contributed by atoms with Gasteiger partial charge in [0.1, 0.15) is 0 Å². The molecule has 1 aliphatic rings. The van der Waals surface area contributed by atoms with E-state index in [0.717, 1.165) is 0 Å². The maximum Gasteiger partial charge on any atom is 0.295 e. The minimum atomic E-state index is -2.97. The fraction of sp³-hybridized carbons (Fsp3) is 0.500. The maximum absolute atomic E-state index is 11.4. The summed E-state index contributed by atoms with van der Waals surface area (Å²) in [7, 11) is -2.97. The van der Waals surface area contributed by atoms with Gasteiger partial charge in [-0.1, -0.05) is 5.16 Å². The number of hydrogen-bond donors (Lipinski definition) is 2. The highest BCUT2D eigenvalue weighted by Gasteiger charge is 2.32. The number of nitrogens with one attached hydrogen (secondary N) is 1. The fourth-order valence-corrected chi connectivity index (χ4v) is 3.61. The Morgan fingerprint density at radius 3 is 2.83 bits per heavy atom. The third-order valence-corrected chi connectivity index (χ3v) is 4.51. The van der Waals surface area contributed by atoms with E-state index >= 15 is 0 Å². The minimum absolute atomic E-state index is 0.0600. The first-order chi connectivity index (χ1) is 8.53. The molecule has 0 amide bonds. The summed E-state index contributed by atoms with van der Waals surface area (Å²) in [6.07, 6.45) is 0.514. The highest BCUT2D eigenvalue weighted by Crippen LogP contribution is 2.27. The van der Waals surface area contributed by atoms with Gasteiger partial charge in [0.25, 0.3) is 5.89 Å². The van der Waals surface area contributed by atoms with Crippen LogP contribution in [0.3, 0.4) is 0 Å². The average molecular weight is 270 g/mol. The van der Waals surface area contributed by atoms with E-state index in [4.69, 9.17) is 10.3 Å². The molecular formula is C8H10N6O3S. The second-order valence-corrected chi connectivity index (χ2v) is 6.33. The molecule has 2 aromatic heterocycles. The van der Waals surface area contributed by atoms with Gasteiger partial charge >= 0.3 is 0 Å². The van der Waals surface area contributed by atoms with Gasteiger partial charge in [-0.25, -0.2) is 8.42 Å². The molecule has 1 unspecified atom stereocenters. The molecule has 0 aromatic carbocycles. The summed E-state index contributed by atoms with van der Waals surface area (Å²) in [6, 6.07) is 0. The van der Waals surface area contributed by atoms with Crippen LogP contribution in [0.25, 0.3) is 11.7 Å². The molecule has 10 heteroatoms. The molecule has 0 saturated carbocycles.